The number of hydrogen-bond donors (Lipinski definition) is 0. The normalized spacial score (nSPS) is 24.8. The minimum atomic E-state index is -0.290. The number of likely N-dealkylation sites (N-methyl/N-ethyl adjacent to an activating group) is 1. The molecule has 6 heteroatoms. The first-order chi connectivity index (χ1) is 10.5. The van der Waals surface area contributed by atoms with Crippen molar-refractivity contribution in [3.05, 3.63) is 22.4 Å². The summed E-state index contributed by atoms with van der Waals surface area (Å²) in [4.78, 5) is 27.8. The quantitative estimate of drug-likeness (QED) is 0.830. The first-order valence-corrected chi connectivity index (χ1v) is 8.64. The molecule has 3 rings (SSSR count). The number of thiophene rings is 1. The van der Waals surface area contributed by atoms with Crippen LogP contribution in [0.4, 0.5) is 0 Å². The molecule has 0 aliphatic carbocycles. The van der Waals surface area contributed by atoms with E-state index in [0.29, 0.717) is 19.5 Å². The van der Waals surface area contributed by atoms with Gasteiger partial charge in [0.25, 0.3) is 0 Å². The van der Waals surface area contributed by atoms with Crippen LogP contribution in [-0.4, -0.2) is 60.0 Å². The molecule has 1 aromatic rings. The molecule has 120 valence electrons. The molecule has 0 saturated carbocycles. The van der Waals surface area contributed by atoms with Crippen LogP contribution in [0.1, 0.15) is 25.3 Å². The third kappa shape index (κ3) is 2.77. The van der Waals surface area contributed by atoms with Crippen molar-refractivity contribution in [2.75, 3.05) is 26.7 Å². The Bertz CT molecular complexity index is 550. The third-order valence-corrected chi connectivity index (χ3v) is 5.85. The summed E-state index contributed by atoms with van der Waals surface area (Å²) in [6, 6.07) is 2.06. The van der Waals surface area contributed by atoms with Crippen LogP contribution in [-0.2, 0) is 20.7 Å². The van der Waals surface area contributed by atoms with Crippen LogP contribution in [0.5, 0.6) is 0 Å². The number of likely N-dealkylation sites (tertiary alicyclic amines) is 1. The Morgan fingerprint density at radius 3 is 2.82 bits per heavy atom. The van der Waals surface area contributed by atoms with Gasteiger partial charge in [-0.2, -0.15) is 11.3 Å². The Hall–Kier alpha value is -1.40. The van der Waals surface area contributed by atoms with Gasteiger partial charge in [-0.3, -0.25) is 9.59 Å². The second kappa shape index (κ2) is 6.01. The van der Waals surface area contributed by atoms with E-state index in [-0.39, 0.29) is 30.1 Å². The van der Waals surface area contributed by atoms with Crippen LogP contribution in [0.2, 0.25) is 0 Å². The van der Waals surface area contributed by atoms with Crippen LogP contribution in [0.3, 0.4) is 0 Å². The predicted octanol–water partition coefficient (Wildman–Crippen LogP) is 1.53. The average Bonchev–Trinajstić information content (AvgIpc) is 3.03. The highest BCUT2D eigenvalue weighted by atomic mass is 32.1. The molecule has 1 spiro atoms. The molecular weight excluding hydrogens is 300 g/mol. The highest BCUT2D eigenvalue weighted by Gasteiger charge is 2.47. The largest absolute Gasteiger partial charge is 0.363 e. The van der Waals surface area contributed by atoms with Gasteiger partial charge < -0.3 is 14.5 Å². The first kappa shape index (κ1) is 15.5. The number of carbonyl (C=O) groups is 2. The van der Waals surface area contributed by atoms with Crippen molar-refractivity contribution in [1.82, 2.24) is 9.80 Å². The van der Waals surface area contributed by atoms with Crippen LogP contribution >= 0.6 is 11.3 Å². The Labute approximate surface area is 134 Å². The molecule has 0 unspecified atom stereocenters. The van der Waals surface area contributed by atoms with Crippen molar-refractivity contribution in [1.29, 1.82) is 0 Å². The van der Waals surface area contributed by atoms with Crippen molar-refractivity contribution in [2.45, 2.75) is 37.8 Å². The van der Waals surface area contributed by atoms with E-state index in [2.05, 4.69) is 0 Å². The Kier molecular flexibility index (Phi) is 4.23. The fraction of sp³-hybridized carbons (Fsp3) is 0.625. The number of carbonyl (C=O) groups excluding carboxylic acids is 2. The van der Waals surface area contributed by atoms with E-state index in [4.69, 9.17) is 4.74 Å². The van der Waals surface area contributed by atoms with Gasteiger partial charge in [-0.05, 0) is 42.2 Å². The lowest BCUT2D eigenvalue weighted by Gasteiger charge is -2.50. The van der Waals surface area contributed by atoms with Crippen molar-refractivity contribution in [2.24, 2.45) is 0 Å². The summed E-state index contributed by atoms with van der Waals surface area (Å²) in [5, 5.41) is 4.02. The molecule has 3 heterocycles. The monoisotopic (exact) mass is 322 g/mol. The van der Waals surface area contributed by atoms with Crippen molar-refractivity contribution in [3.8, 4) is 0 Å². The maximum Gasteiger partial charge on any atom is 0.248 e. The number of piperidine rings is 1. The molecule has 22 heavy (non-hydrogen) atoms. The number of amides is 2. The van der Waals surface area contributed by atoms with E-state index in [1.807, 2.05) is 35.7 Å². The second-order valence-corrected chi connectivity index (χ2v) is 7.00. The first-order valence-electron chi connectivity index (χ1n) is 7.70. The van der Waals surface area contributed by atoms with Crippen LogP contribution in [0.25, 0.3) is 0 Å². The van der Waals surface area contributed by atoms with E-state index < -0.39 is 0 Å². The fourth-order valence-electron chi connectivity index (χ4n) is 3.37. The molecular formula is C16H22N2O3S. The molecule has 0 bridgehead atoms. The van der Waals surface area contributed by atoms with Gasteiger partial charge in [0.15, 0.2) is 0 Å². The topological polar surface area (TPSA) is 49.9 Å². The average molecular weight is 322 g/mol. The van der Waals surface area contributed by atoms with Crippen LogP contribution in [0, 0.1) is 0 Å². The van der Waals surface area contributed by atoms with Crippen LogP contribution in [0.15, 0.2) is 16.8 Å². The SMILES string of the molecule is C[C@@H]1N(C)C(=O)COC12CCN(C(=O)Cc1ccsc1)CC2. The van der Waals surface area contributed by atoms with Gasteiger partial charge in [0, 0.05) is 20.1 Å². The highest BCUT2D eigenvalue weighted by molar-refractivity contribution is 7.07. The number of morpholine rings is 1. The Morgan fingerprint density at radius 1 is 1.45 bits per heavy atom. The summed E-state index contributed by atoms with van der Waals surface area (Å²) in [5.41, 5.74) is 0.796. The number of ether oxygens (including phenoxy) is 1. The van der Waals surface area contributed by atoms with Crippen molar-refractivity contribution < 1.29 is 14.3 Å². The second-order valence-electron chi connectivity index (χ2n) is 6.22. The van der Waals surface area contributed by atoms with Crippen LogP contribution < -0.4 is 0 Å². The van der Waals surface area contributed by atoms with Gasteiger partial charge in [0.1, 0.15) is 6.61 Å². The van der Waals surface area contributed by atoms with E-state index in [0.717, 1.165) is 18.4 Å². The Morgan fingerprint density at radius 2 is 2.18 bits per heavy atom. The lowest BCUT2D eigenvalue weighted by Crippen LogP contribution is -2.63. The lowest BCUT2D eigenvalue weighted by atomic mass is 9.82. The molecule has 0 N–H and O–H groups in total. The maximum atomic E-state index is 12.4. The van der Waals surface area contributed by atoms with E-state index in [1.54, 1.807) is 16.2 Å². The summed E-state index contributed by atoms with van der Waals surface area (Å²) in [7, 11) is 1.84. The van der Waals surface area contributed by atoms with Gasteiger partial charge >= 0.3 is 0 Å². The molecule has 2 aliphatic rings. The Balaban J connectivity index is 1.60. The van der Waals surface area contributed by atoms with E-state index in [1.165, 1.54) is 0 Å². The zero-order valence-corrected chi connectivity index (χ0v) is 13.9. The van der Waals surface area contributed by atoms with Crippen molar-refractivity contribution >= 4 is 23.2 Å². The maximum absolute atomic E-state index is 12.4. The fourth-order valence-corrected chi connectivity index (χ4v) is 4.04. The highest BCUT2D eigenvalue weighted by Crippen LogP contribution is 2.35. The molecule has 2 saturated heterocycles. The summed E-state index contributed by atoms with van der Waals surface area (Å²) >= 11 is 1.62. The molecule has 2 amide bonds. The summed E-state index contributed by atoms with van der Waals surface area (Å²) in [6.45, 7) is 3.61. The molecule has 5 nitrogen and oxygen atoms in total. The van der Waals surface area contributed by atoms with Gasteiger partial charge in [-0.15, -0.1) is 0 Å². The standard InChI is InChI=1S/C16H22N2O3S/c1-12-16(21-10-15(20)17(12)2)4-6-18(7-5-16)14(19)9-13-3-8-22-11-13/h3,8,11-12H,4-7,9-10H2,1-2H3/t12-/m0/s1. The summed E-state index contributed by atoms with van der Waals surface area (Å²) in [5.74, 6) is 0.218. The molecule has 0 radical (unpaired) electrons. The molecule has 0 aromatic carbocycles. The molecule has 2 fully saturated rings. The molecule has 2 aliphatic heterocycles. The predicted molar refractivity (Wildman–Crippen MR) is 84.8 cm³/mol. The van der Waals surface area contributed by atoms with Gasteiger partial charge in [-0.25, -0.2) is 0 Å². The smallest absolute Gasteiger partial charge is 0.248 e. The molecule has 1 atom stereocenters. The number of hydrogen-bond acceptors (Lipinski definition) is 4. The number of rotatable bonds is 2. The zero-order valence-electron chi connectivity index (χ0n) is 13.1. The summed E-state index contributed by atoms with van der Waals surface area (Å²) in [6.07, 6.45) is 2.06. The van der Waals surface area contributed by atoms with Gasteiger partial charge in [0.2, 0.25) is 11.8 Å². The zero-order chi connectivity index (χ0) is 15.7. The van der Waals surface area contributed by atoms with E-state index >= 15 is 0 Å². The minimum absolute atomic E-state index is 0.0362. The number of nitrogens with zero attached hydrogens (tertiary/aromatic N) is 2. The van der Waals surface area contributed by atoms with Gasteiger partial charge in [-0.1, -0.05) is 0 Å². The summed E-state index contributed by atoms with van der Waals surface area (Å²) < 4.78 is 5.91. The van der Waals surface area contributed by atoms with Gasteiger partial charge in [0.05, 0.1) is 18.1 Å². The third-order valence-electron chi connectivity index (χ3n) is 5.12. The molecule has 1 aromatic heterocycles. The lowest BCUT2D eigenvalue weighted by molar-refractivity contribution is -0.184. The van der Waals surface area contributed by atoms with E-state index in [9.17, 15) is 9.59 Å². The minimum Gasteiger partial charge on any atom is -0.363 e. The van der Waals surface area contributed by atoms with Crippen molar-refractivity contribution in [3.63, 3.8) is 0 Å².